The van der Waals surface area contributed by atoms with Gasteiger partial charge in [0.05, 0.1) is 23.3 Å². The molecule has 2 aromatic heterocycles. The van der Waals surface area contributed by atoms with Crippen molar-refractivity contribution in [3.8, 4) is 23.0 Å². The molecule has 0 saturated carbocycles. The van der Waals surface area contributed by atoms with Crippen molar-refractivity contribution < 1.29 is 27.1 Å². The fourth-order valence-corrected chi connectivity index (χ4v) is 2.92. The lowest BCUT2D eigenvalue weighted by Gasteiger charge is -2.12. The minimum atomic E-state index is -4.57. The van der Waals surface area contributed by atoms with Crippen molar-refractivity contribution in [3.05, 3.63) is 78.8 Å². The molecule has 0 spiro atoms. The Hall–Kier alpha value is -4.48. The van der Waals surface area contributed by atoms with Gasteiger partial charge in [-0.1, -0.05) is 6.07 Å². The van der Waals surface area contributed by atoms with E-state index >= 15 is 0 Å². The summed E-state index contributed by atoms with van der Waals surface area (Å²) in [6.45, 7) is 0. The van der Waals surface area contributed by atoms with Gasteiger partial charge in [-0.15, -0.1) is 0 Å². The van der Waals surface area contributed by atoms with Gasteiger partial charge in [-0.05, 0) is 30.3 Å². The van der Waals surface area contributed by atoms with E-state index in [1.54, 1.807) is 23.2 Å². The molecule has 8 nitrogen and oxygen atoms in total. The summed E-state index contributed by atoms with van der Waals surface area (Å²) in [6.07, 6.45) is 0.0866. The number of amides is 2. The fourth-order valence-electron chi connectivity index (χ4n) is 2.92. The molecule has 0 bridgehead atoms. The first kappa shape index (κ1) is 22.7. The highest BCUT2D eigenvalue weighted by Crippen LogP contribution is 2.31. The van der Waals surface area contributed by atoms with Crippen LogP contribution in [0.15, 0.2) is 67.4 Å². The maximum absolute atomic E-state index is 14.2. The number of benzene rings is 2. The molecule has 0 atom stereocenters. The van der Waals surface area contributed by atoms with Gasteiger partial charge >= 0.3 is 12.2 Å². The van der Waals surface area contributed by atoms with Gasteiger partial charge in [0.15, 0.2) is 0 Å². The molecule has 2 aromatic carbocycles. The molecule has 4 rings (SSSR count). The van der Waals surface area contributed by atoms with Crippen LogP contribution < -0.4 is 15.4 Å². The first-order valence-corrected chi connectivity index (χ1v) is 9.70. The van der Waals surface area contributed by atoms with E-state index in [-0.39, 0.29) is 23.0 Å². The Morgan fingerprint density at radius 3 is 2.56 bits per heavy atom. The van der Waals surface area contributed by atoms with Crippen molar-refractivity contribution >= 4 is 17.4 Å². The summed E-state index contributed by atoms with van der Waals surface area (Å²) < 4.78 is 60.2. The second-order valence-corrected chi connectivity index (χ2v) is 7.07. The van der Waals surface area contributed by atoms with Crippen LogP contribution >= 0.6 is 0 Å². The van der Waals surface area contributed by atoms with Crippen LogP contribution in [0.2, 0.25) is 0 Å². The van der Waals surface area contributed by atoms with Crippen molar-refractivity contribution in [2.45, 2.75) is 6.18 Å². The molecule has 0 aliphatic rings. The number of aryl methyl sites for hydroxylation is 1. The van der Waals surface area contributed by atoms with E-state index in [1.807, 2.05) is 7.05 Å². The quantitative estimate of drug-likeness (QED) is 0.376. The predicted octanol–water partition coefficient (Wildman–Crippen LogP) is 5.47. The number of alkyl halides is 3. The van der Waals surface area contributed by atoms with E-state index in [0.717, 1.165) is 24.3 Å². The monoisotopic (exact) mass is 472 g/mol. The van der Waals surface area contributed by atoms with E-state index in [9.17, 15) is 22.4 Å². The van der Waals surface area contributed by atoms with Crippen molar-refractivity contribution in [1.82, 2.24) is 19.5 Å². The molecule has 4 aromatic rings. The number of imidazole rings is 1. The molecule has 174 valence electrons. The van der Waals surface area contributed by atoms with Crippen molar-refractivity contribution in [1.29, 1.82) is 0 Å². The van der Waals surface area contributed by atoms with Crippen LogP contribution in [0.4, 0.5) is 33.7 Å². The zero-order valence-electron chi connectivity index (χ0n) is 17.5. The summed E-state index contributed by atoms with van der Waals surface area (Å²) in [4.78, 5) is 24.6. The molecular formula is C22H16F4N6O2. The Kier molecular flexibility index (Phi) is 6.13. The number of halogens is 4. The summed E-state index contributed by atoms with van der Waals surface area (Å²) in [7, 11) is 1.81. The first-order valence-electron chi connectivity index (χ1n) is 9.70. The predicted molar refractivity (Wildman–Crippen MR) is 115 cm³/mol. The molecule has 2 N–H and O–H groups in total. The van der Waals surface area contributed by atoms with Gasteiger partial charge in [0.25, 0.3) is 0 Å². The van der Waals surface area contributed by atoms with Gasteiger partial charge < -0.3 is 19.9 Å². The Labute approximate surface area is 190 Å². The minimum Gasteiger partial charge on any atom is -0.439 e. The SMILES string of the molecule is Cn1cnc(-c2cc(Oc3ccc(F)c(NC(=O)Nc4cccc(C(F)(F)F)c4)c3)ncn2)c1. The van der Waals surface area contributed by atoms with Gasteiger partial charge in [0.2, 0.25) is 5.88 Å². The van der Waals surface area contributed by atoms with E-state index in [1.165, 1.54) is 24.5 Å². The largest absolute Gasteiger partial charge is 0.439 e. The number of urea groups is 1. The number of ether oxygens (including phenoxy) is 1. The van der Waals surface area contributed by atoms with Gasteiger partial charge in [0, 0.05) is 31.1 Å². The molecule has 0 fully saturated rings. The lowest BCUT2D eigenvalue weighted by Crippen LogP contribution is -2.20. The molecule has 0 aliphatic heterocycles. The third-order valence-corrected chi connectivity index (χ3v) is 4.47. The number of hydrogen-bond donors (Lipinski definition) is 2. The summed E-state index contributed by atoms with van der Waals surface area (Å²) in [5, 5.41) is 4.49. The lowest BCUT2D eigenvalue weighted by atomic mass is 10.2. The third-order valence-electron chi connectivity index (χ3n) is 4.47. The maximum Gasteiger partial charge on any atom is 0.416 e. The number of carbonyl (C=O) groups is 1. The van der Waals surface area contributed by atoms with Crippen LogP contribution in [-0.4, -0.2) is 25.6 Å². The summed E-state index contributed by atoms with van der Waals surface area (Å²) in [5.74, 6) is -0.466. The Bertz CT molecular complexity index is 1340. The highest BCUT2D eigenvalue weighted by molar-refractivity contribution is 6.00. The average molecular weight is 472 g/mol. The fraction of sp³-hybridized carbons (Fsp3) is 0.0909. The van der Waals surface area contributed by atoms with E-state index in [2.05, 4.69) is 25.6 Å². The second kappa shape index (κ2) is 9.17. The summed E-state index contributed by atoms with van der Waals surface area (Å²) >= 11 is 0. The van der Waals surface area contributed by atoms with Crippen LogP contribution in [0.3, 0.4) is 0 Å². The topological polar surface area (TPSA) is 94.0 Å². The van der Waals surface area contributed by atoms with Crippen molar-refractivity contribution in [2.24, 2.45) is 7.05 Å². The number of hydrogen-bond acceptors (Lipinski definition) is 5. The molecule has 0 aliphatic carbocycles. The lowest BCUT2D eigenvalue weighted by molar-refractivity contribution is -0.137. The van der Waals surface area contributed by atoms with Gasteiger partial charge in [0.1, 0.15) is 23.6 Å². The number of aromatic nitrogens is 4. The maximum atomic E-state index is 14.2. The normalized spacial score (nSPS) is 11.2. The molecule has 2 heterocycles. The summed E-state index contributed by atoms with van der Waals surface area (Å²) in [6, 6.07) is 8.27. The number of nitrogens with zero attached hydrogens (tertiary/aromatic N) is 4. The number of nitrogens with one attached hydrogen (secondary N) is 2. The number of carbonyl (C=O) groups excluding carboxylic acids is 1. The van der Waals surface area contributed by atoms with Gasteiger partial charge in [-0.3, -0.25) is 0 Å². The average Bonchev–Trinajstić information content (AvgIpc) is 3.22. The molecule has 34 heavy (non-hydrogen) atoms. The van der Waals surface area contributed by atoms with E-state index in [0.29, 0.717) is 11.4 Å². The van der Waals surface area contributed by atoms with Crippen molar-refractivity contribution in [2.75, 3.05) is 10.6 Å². The van der Waals surface area contributed by atoms with Crippen molar-refractivity contribution in [3.63, 3.8) is 0 Å². The zero-order valence-corrected chi connectivity index (χ0v) is 17.5. The van der Waals surface area contributed by atoms with Crippen LogP contribution in [0.1, 0.15) is 5.56 Å². The number of anilines is 2. The van der Waals surface area contributed by atoms with E-state index < -0.39 is 23.6 Å². The Morgan fingerprint density at radius 1 is 1.00 bits per heavy atom. The van der Waals surface area contributed by atoms with Crippen LogP contribution in [0, 0.1) is 5.82 Å². The minimum absolute atomic E-state index is 0.108. The molecule has 12 heteroatoms. The summed E-state index contributed by atoms with van der Waals surface area (Å²) in [5.41, 5.74) is -0.181. The molecule has 2 amide bonds. The standard InChI is InChI=1S/C22H16F4N6O2/c1-32-10-19(29-12-32)18-9-20(28-11-27-18)34-15-5-6-16(23)17(8-15)31-21(33)30-14-4-2-3-13(7-14)22(24,25)26/h2-12H,1H3,(H2,30,31,33). The molecular weight excluding hydrogens is 456 g/mol. The van der Waals surface area contributed by atoms with Gasteiger partial charge in [-0.25, -0.2) is 24.1 Å². The molecule has 0 radical (unpaired) electrons. The zero-order chi connectivity index (χ0) is 24.3. The Morgan fingerprint density at radius 2 is 1.82 bits per heavy atom. The van der Waals surface area contributed by atoms with Crippen LogP contribution in [0.25, 0.3) is 11.4 Å². The molecule has 0 saturated heterocycles. The first-order chi connectivity index (χ1) is 16.2. The second-order valence-electron chi connectivity index (χ2n) is 7.07. The van der Waals surface area contributed by atoms with Gasteiger partial charge in [-0.2, -0.15) is 13.2 Å². The highest BCUT2D eigenvalue weighted by Gasteiger charge is 2.30. The van der Waals surface area contributed by atoms with Crippen LogP contribution in [-0.2, 0) is 13.2 Å². The van der Waals surface area contributed by atoms with Crippen LogP contribution in [0.5, 0.6) is 11.6 Å². The third kappa shape index (κ3) is 5.46. The smallest absolute Gasteiger partial charge is 0.416 e. The molecule has 0 unspecified atom stereocenters. The Balaban J connectivity index is 1.47. The number of rotatable bonds is 5. The van der Waals surface area contributed by atoms with E-state index in [4.69, 9.17) is 4.74 Å². The highest BCUT2D eigenvalue weighted by atomic mass is 19.4.